The second-order valence-electron chi connectivity index (χ2n) is 9.04. The van der Waals surface area contributed by atoms with E-state index in [0.717, 1.165) is 18.1 Å². The first-order chi connectivity index (χ1) is 14.4. The molecule has 0 aromatic heterocycles. The molecule has 0 radical (unpaired) electrons. The van der Waals surface area contributed by atoms with Gasteiger partial charge in [-0.15, -0.1) is 0 Å². The van der Waals surface area contributed by atoms with E-state index >= 15 is 0 Å². The van der Waals surface area contributed by atoms with Crippen LogP contribution in [0.1, 0.15) is 118 Å². The second kappa shape index (κ2) is 20.3. The number of rotatable bonds is 23. The monoisotopic (exact) mass is 512 g/mol. The van der Waals surface area contributed by atoms with Crippen molar-refractivity contribution in [2.24, 2.45) is 0 Å². The summed E-state index contributed by atoms with van der Waals surface area (Å²) in [5.41, 5.74) is 0. The van der Waals surface area contributed by atoms with E-state index in [9.17, 15) is 9.46 Å². The van der Waals surface area contributed by atoms with Gasteiger partial charge in [-0.05, 0) is 0 Å². The van der Waals surface area contributed by atoms with Gasteiger partial charge in [-0.3, -0.25) is 0 Å². The van der Waals surface area contributed by atoms with Gasteiger partial charge in [-0.25, -0.2) is 0 Å². The van der Waals surface area contributed by atoms with Crippen molar-refractivity contribution in [1.29, 1.82) is 0 Å². The Kier molecular flexibility index (Phi) is 20.7. The minimum atomic E-state index is -3.87. The second-order valence-corrected chi connectivity index (χ2v) is 22.3. The molecule has 0 saturated carbocycles. The van der Waals surface area contributed by atoms with Crippen molar-refractivity contribution in [3.8, 4) is 0 Å². The summed E-state index contributed by atoms with van der Waals surface area (Å²) >= 11 is -1.84. The van der Waals surface area contributed by atoms with E-state index in [2.05, 4.69) is 27.7 Å². The molecule has 4 nitrogen and oxygen atoms in total. The van der Waals surface area contributed by atoms with E-state index in [-0.39, 0.29) is 0 Å². The summed E-state index contributed by atoms with van der Waals surface area (Å²) in [4.78, 5) is 9.87. The van der Waals surface area contributed by atoms with E-state index in [4.69, 9.17) is 9.05 Å². The van der Waals surface area contributed by atoms with Gasteiger partial charge in [0.1, 0.15) is 0 Å². The Morgan fingerprint density at radius 1 is 0.600 bits per heavy atom. The molecule has 0 aromatic rings. The molecule has 6 heteroatoms. The topological polar surface area (TPSA) is 55.8 Å². The number of hydrogen-bond donors (Lipinski definition) is 1. The zero-order valence-corrected chi connectivity index (χ0v) is 23.8. The number of hydrogen-bond acceptors (Lipinski definition) is 3. The molecule has 0 amide bonds. The van der Waals surface area contributed by atoms with Crippen molar-refractivity contribution in [3.05, 3.63) is 0 Å². The fourth-order valence-corrected chi connectivity index (χ4v) is 11.8. The van der Waals surface area contributed by atoms with E-state index in [1.807, 2.05) is 0 Å². The van der Waals surface area contributed by atoms with E-state index in [1.165, 1.54) is 92.7 Å². The van der Waals surface area contributed by atoms with Crippen molar-refractivity contribution in [2.75, 3.05) is 13.2 Å². The molecule has 30 heavy (non-hydrogen) atoms. The van der Waals surface area contributed by atoms with Crippen LogP contribution < -0.4 is 0 Å². The molecule has 1 N–H and O–H groups in total. The SMILES string of the molecule is CCCCCCCCCCCCCCCCOP(=O)(O)OCC[AsH](CC)(CC)CC. The first-order valence-corrected chi connectivity index (χ1v) is 20.5. The Bertz CT molecular complexity index is 408. The zero-order chi connectivity index (χ0) is 22.6. The maximum absolute atomic E-state index is 12.0. The Hall–Kier alpha value is 0.668. The van der Waals surface area contributed by atoms with Crippen molar-refractivity contribution in [3.63, 3.8) is 0 Å². The third-order valence-electron chi connectivity index (χ3n) is 6.89. The molecule has 0 fully saturated rings. The molecule has 184 valence electrons. The number of phosphoric acid groups is 1. The fraction of sp³-hybridized carbons (Fsp3) is 1.00. The zero-order valence-electron chi connectivity index (χ0n) is 20.8. The van der Waals surface area contributed by atoms with Gasteiger partial charge in [0, 0.05) is 0 Å². The molecule has 0 aliphatic carbocycles. The van der Waals surface area contributed by atoms with Crippen LogP contribution in [0, 0.1) is 0 Å². The summed E-state index contributed by atoms with van der Waals surface area (Å²) in [5.74, 6) is 0. The molecular formula is C24H54AsO4P. The van der Waals surface area contributed by atoms with Gasteiger partial charge in [0.05, 0.1) is 0 Å². The minimum absolute atomic E-state index is 0.327. The quantitative estimate of drug-likeness (QED) is 0.0844. The summed E-state index contributed by atoms with van der Waals surface area (Å²) in [6.07, 6.45) is 18.2. The van der Waals surface area contributed by atoms with Crippen LogP contribution in [0.4, 0.5) is 0 Å². The van der Waals surface area contributed by atoms with E-state index < -0.39 is 21.4 Å². The predicted molar refractivity (Wildman–Crippen MR) is 135 cm³/mol. The van der Waals surface area contributed by atoms with Gasteiger partial charge in [-0.1, -0.05) is 58.3 Å². The van der Waals surface area contributed by atoms with Crippen molar-refractivity contribution >= 4 is 21.4 Å². The summed E-state index contributed by atoms with van der Waals surface area (Å²) in [6.45, 7) is 9.76. The van der Waals surface area contributed by atoms with Crippen molar-refractivity contribution in [2.45, 2.75) is 138 Å². The number of unbranched alkanes of at least 4 members (excludes halogenated alkanes) is 13. The normalized spacial score (nSPS) is 14.7. The van der Waals surface area contributed by atoms with Gasteiger partial charge in [-0.2, -0.15) is 0 Å². The molecule has 0 heterocycles. The summed E-state index contributed by atoms with van der Waals surface area (Å²) in [7, 11) is -3.87. The van der Waals surface area contributed by atoms with Crippen LogP contribution in [0.15, 0.2) is 0 Å². The molecule has 0 bridgehead atoms. The molecule has 0 aliphatic heterocycles. The van der Waals surface area contributed by atoms with Gasteiger partial charge < -0.3 is 0 Å². The van der Waals surface area contributed by atoms with Gasteiger partial charge in [0.15, 0.2) is 0 Å². The summed E-state index contributed by atoms with van der Waals surface area (Å²) < 4.78 is 22.4. The first-order valence-electron chi connectivity index (χ1n) is 13.1. The average Bonchev–Trinajstić information content (AvgIpc) is 2.74. The molecule has 0 aromatic carbocycles. The Morgan fingerprint density at radius 2 is 0.967 bits per heavy atom. The summed E-state index contributed by atoms with van der Waals surface area (Å²) in [5, 5.41) is 4.76. The fourth-order valence-electron chi connectivity index (χ4n) is 4.17. The standard InChI is InChI=1S/C24H54AsO4P/c1-5-9-10-11-12-13-14-15-16-17-18-19-20-21-23-28-30(26,27)29-24-22-25(6-2,7-3)8-4/h25H,5-24H2,1-4H3,(H,26,27). The van der Waals surface area contributed by atoms with Crippen LogP contribution in [0.2, 0.25) is 20.8 Å². The maximum atomic E-state index is 12.0. The summed E-state index contributed by atoms with van der Waals surface area (Å²) in [6, 6.07) is 0. The Morgan fingerprint density at radius 3 is 1.37 bits per heavy atom. The van der Waals surface area contributed by atoms with Gasteiger partial charge in [0.25, 0.3) is 0 Å². The molecule has 0 rings (SSSR count). The third kappa shape index (κ3) is 17.3. The van der Waals surface area contributed by atoms with E-state index in [1.54, 1.807) is 0 Å². The molecule has 0 spiro atoms. The molecule has 1 atom stereocenters. The molecule has 0 saturated heterocycles. The first kappa shape index (κ1) is 30.7. The van der Waals surface area contributed by atoms with Crippen molar-refractivity contribution < 1.29 is 18.5 Å². The van der Waals surface area contributed by atoms with Crippen LogP contribution in [-0.2, 0) is 13.6 Å². The molecular weight excluding hydrogens is 458 g/mol. The predicted octanol–water partition coefficient (Wildman–Crippen LogP) is 8.84. The third-order valence-corrected chi connectivity index (χ3v) is 20.0. The molecule has 0 aliphatic rings. The van der Waals surface area contributed by atoms with E-state index in [0.29, 0.717) is 13.2 Å². The number of phosphoric ester groups is 1. The van der Waals surface area contributed by atoms with Crippen LogP contribution >= 0.6 is 7.82 Å². The van der Waals surface area contributed by atoms with Gasteiger partial charge in [0.2, 0.25) is 0 Å². The van der Waals surface area contributed by atoms with Crippen molar-refractivity contribution in [1.82, 2.24) is 0 Å². The Labute approximate surface area is 191 Å². The van der Waals surface area contributed by atoms with Crippen LogP contribution in [0.3, 0.4) is 0 Å². The van der Waals surface area contributed by atoms with Crippen LogP contribution in [0.5, 0.6) is 0 Å². The van der Waals surface area contributed by atoms with Crippen LogP contribution in [0.25, 0.3) is 0 Å². The average molecular weight is 513 g/mol. The van der Waals surface area contributed by atoms with Crippen LogP contribution in [-0.4, -0.2) is 31.7 Å². The Balaban J connectivity index is 3.51. The van der Waals surface area contributed by atoms with Gasteiger partial charge >= 0.3 is 133 Å². The molecule has 1 unspecified atom stereocenters.